The zero-order chi connectivity index (χ0) is 15.2. The number of rotatable bonds is 7. The van der Waals surface area contributed by atoms with Crippen molar-refractivity contribution in [2.45, 2.75) is 4.90 Å². The summed E-state index contributed by atoms with van der Waals surface area (Å²) in [4.78, 5) is 10.8. The van der Waals surface area contributed by atoms with Crippen molar-refractivity contribution in [2.75, 3.05) is 18.1 Å². The minimum absolute atomic E-state index is 0.0129. The lowest BCUT2D eigenvalue weighted by Crippen LogP contribution is -2.26. The number of thioether (sulfide) groups is 1. The average Bonchev–Trinajstić information content (AvgIpc) is 2.38. The van der Waals surface area contributed by atoms with Gasteiger partial charge in [0.2, 0.25) is 10.0 Å². The number of sulfonamides is 1. The summed E-state index contributed by atoms with van der Waals surface area (Å²) in [5.74, 6) is 2.18. The van der Waals surface area contributed by atoms with Crippen LogP contribution >= 0.6 is 23.4 Å². The van der Waals surface area contributed by atoms with Gasteiger partial charge in [-0.25, -0.2) is 17.9 Å². The summed E-state index contributed by atoms with van der Waals surface area (Å²) in [6.07, 6.45) is 5.07. The number of aromatic carboxylic acids is 1. The highest BCUT2D eigenvalue weighted by atomic mass is 35.5. The van der Waals surface area contributed by atoms with Gasteiger partial charge in [0.15, 0.2) is 0 Å². The van der Waals surface area contributed by atoms with Gasteiger partial charge in [-0.15, -0.1) is 18.2 Å². The van der Waals surface area contributed by atoms with Gasteiger partial charge in [-0.3, -0.25) is 0 Å². The van der Waals surface area contributed by atoms with Crippen molar-refractivity contribution in [1.82, 2.24) is 4.72 Å². The first-order valence-corrected chi connectivity index (χ1v) is 8.44. The van der Waals surface area contributed by atoms with Crippen molar-refractivity contribution >= 4 is 39.4 Å². The molecule has 0 atom stereocenters. The summed E-state index contributed by atoms with van der Waals surface area (Å²) in [7, 11) is -3.76. The largest absolute Gasteiger partial charge is 0.478 e. The molecule has 1 aromatic carbocycles. The number of halogens is 1. The molecule has 2 N–H and O–H groups in total. The Kier molecular flexibility index (Phi) is 6.36. The molecule has 0 fully saturated rings. The Morgan fingerprint density at radius 2 is 2.20 bits per heavy atom. The molecule has 0 aliphatic heterocycles. The number of hydrogen-bond donors (Lipinski definition) is 2. The number of nitrogens with one attached hydrogen (secondary N) is 1. The molecule has 0 saturated heterocycles. The lowest BCUT2D eigenvalue weighted by Gasteiger charge is -2.07. The van der Waals surface area contributed by atoms with Crippen molar-refractivity contribution in [1.29, 1.82) is 0 Å². The van der Waals surface area contributed by atoms with Crippen LogP contribution in [-0.2, 0) is 10.0 Å². The smallest absolute Gasteiger partial charge is 0.337 e. The van der Waals surface area contributed by atoms with E-state index in [4.69, 9.17) is 23.1 Å². The molecule has 0 amide bonds. The van der Waals surface area contributed by atoms with Crippen molar-refractivity contribution < 1.29 is 18.3 Å². The van der Waals surface area contributed by atoms with Crippen LogP contribution in [0.15, 0.2) is 23.1 Å². The van der Waals surface area contributed by atoms with Crippen LogP contribution in [0.4, 0.5) is 0 Å². The summed E-state index contributed by atoms with van der Waals surface area (Å²) in [5.41, 5.74) is -0.253. The first-order chi connectivity index (χ1) is 9.38. The summed E-state index contributed by atoms with van der Waals surface area (Å²) in [6, 6.07) is 3.53. The summed E-state index contributed by atoms with van der Waals surface area (Å²) in [6.45, 7) is 0.208. The highest BCUT2D eigenvalue weighted by Gasteiger charge is 2.17. The van der Waals surface area contributed by atoms with Gasteiger partial charge in [-0.1, -0.05) is 17.5 Å². The van der Waals surface area contributed by atoms with Crippen LogP contribution in [0, 0.1) is 12.3 Å². The topological polar surface area (TPSA) is 83.5 Å². The maximum absolute atomic E-state index is 12.0. The molecule has 0 unspecified atom stereocenters. The lowest BCUT2D eigenvalue weighted by atomic mass is 10.2. The molecule has 1 rings (SSSR count). The molecule has 0 spiro atoms. The van der Waals surface area contributed by atoms with Crippen LogP contribution in [0.3, 0.4) is 0 Å². The van der Waals surface area contributed by atoms with Gasteiger partial charge in [0, 0.05) is 12.3 Å². The molecule has 108 valence electrons. The van der Waals surface area contributed by atoms with Gasteiger partial charge in [-0.05, 0) is 18.2 Å². The number of carbonyl (C=O) groups is 1. The molecule has 0 aliphatic carbocycles. The Hall–Kier alpha value is -1.20. The van der Waals surface area contributed by atoms with E-state index in [0.29, 0.717) is 11.5 Å². The fraction of sp³-hybridized carbons (Fsp3) is 0.250. The highest BCUT2D eigenvalue weighted by molar-refractivity contribution is 7.99. The highest BCUT2D eigenvalue weighted by Crippen LogP contribution is 2.20. The van der Waals surface area contributed by atoms with Gasteiger partial charge in [0.1, 0.15) is 0 Å². The van der Waals surface area contributed by atoms with Crippen molar-refractivity contribution in [2.24, 2.45) is 0 Å². The van der Waals surface area contributed by atoms with E-state index in [2.05, 4.69) is 10.6 Å². The number of terminal acetylenes is 1. The van der Waals surface area contributed by atoms with E-state index in [1.54, 1.807) is 0 Å². The molecule has 0 aliphatic rings. The van der Waals surface area contributed by atoms with Crippen LogP contribution < -0.4 is 4.72 Å². The summed E-state index contributed by atoms with van der Waals surface area (Å²) in [5, 5.41) is 8.89. The minimum atomic E-state index is -3.76. The second-order valence-electron chi connectivity index (χ2n) is 3.60. The average molecular weight is 334 g/mol. The van der Waals surface area contributed by atoms with Gasteiger partial charge in [0.25, 0.3) is 0 Å². The van der Waals surface area contributed by atoms with Crippen molar-refractivity contribution in [3.8, 4) is 12.3 Å². The van der Waals surface area contributed by atoms with Gasteiger partial charge >= 0.3 is 5.97 Å². The summed E-state index contributed by atoms with van der Waals surface area (Å²) < 4.78 is 26.3. The molecular weight excluding hydrogens is 322 g/mol. The van der Waals surface area contributed by atoms with E-state index in [9.17, 15) is 13.2 Å². The number of carboxylic acid groups (broad SMARTS) is 1. The van der Waals surface area contributed by atoms with Crippen LogP contribution in [0.5, 0.6) is 0 Å². The number of hydrogen-bond acceptors (Lipinski definition) is 4. The van der Waals surface area contributed by atoms with Gasteiger partial charge in [-0.2, -0.15) is 0 Å². The van der Waals surface area contributed by atoms with Crippen molar-refractivity contribution in [3.63, 3.8) is 0 Å². The molecule has 0 radical (unpaired) electrons. The third-order valence-corrected chi connectivity index (χ3v) is 4.85. The zero-order valence-electron chi connectivity index (χ0n) is 10.3. The van der Waals surface area contributed by atoms with Gasteiger partial charge in [0.05, 0.1) is 21.2 Å². The SMILES string of the molecule is C#CCSCCNS(=O)(=O)c1ccc(Cl)c(C(=O)O)c1. The van der Waals surface area contributed by atoms with E-state index < -0.39 is 16.0 Å². The Morgan fingerprint density at radius 3 is 2.80 bits per heavy atom. The molecule has 0 heterocycles. The third-order valence-electron chi connectivity index (χ3n) is 2.20. The monoisotopic (exact) mass is 333 g/mol. The molecule has 0 saturated carbocycles. The maximum Gasteiger partial charge on any atom is 0.337 e. The van der Waals surface area contributed by atoms with E-state index in [1.807, 2.05) is 0 Å². The van der Waals surface area contributed by atoms with Crippen LogP contribution in [0.2, 0.25) is 5.02 Å². The van der Waals surface area contributed by atoms with Crippen molar-refractivity contribution in [3.05, 3.63) is 28.8 Å². The lowest BCUT2D eigenvalue weighted by molar-refractivity contribution is 0.0697. The second kappa shape index (κ2) is 7.55. The molecule has 0 aromatic heterocycles. The molecule has 8 heteroatoms. The maximum atomic E-state index is 12.0. The van der Waals surface area contributed by atoms with E-state index in [-0.39, 0.29) is 22.0 Å². The van der Waals surface area contributed by atoms with E-state index in [1.165, 1.54) is 23.9 Å². The predicted molar refractivity (Wildman–Crippen MR) is 79.8 cm³/mol. The Balaban J connectivity index is 2.80. The van der Waals surface area contributed by atoms with Gasteiger partial charge < -0.3 is 5.11 Å². The normalized spacial score (nSPS) is 11.0. The molecule has 5 nitrogen and oxygen atoms in total. The number of benzene rings is 1. The second-order valence-corrected chi connectivity index (χ2v) is 6.88. The Morgan fingerprint density at radius 1 is 1.50 bits per heavy atom. The fourth-order valence-electron chi connectivity index (χ4n) is 1.30. The molecular formula is C12H12ClNO4S2. The van der Waals surface area contributed by atoms with E-state index in [0.717, 1.165) is 6.07 Å². The van der Waals surface area contributed by atoms with Crippen LogP contribution in [0.25, 0.3) is 0 Å². The summed E-state index contributed by atoms with van der Waals surface area (Å²) >= 11 is 7.11. The standard InChI is InChI=1S/C12H12ClNO4S2/c1-2-6-19-7-5-14-20(17,18)9-3-4-11(13)10(8-9)12(15)16/h1,3-4,8,14H,5-7H2,(H,15,16). The molecule has 0 bridgehead atoms. The Labute approximate surface area is 126 Å². The van der Waals surface area contributed by atoms with E-state index >= 15 is 0 Å². The fourth-order valence-corrected chi connectivity index (χ4v) is 3.19. The Bertz CT molecular complexity index is 637. The quantitative estimate of drug-likeness (QED) is 0.586. The molecule has 1 aromatic rings. The zero-order valence-corrected chi connectivity index (χ0v) is 12.7. The predicted octanol–water partition coefficient (Wildman–Crippen LogP) is 1.68. The molecule has 20 heavy (non-hydrogen) atoms. The first-order valence-electron chi connectivity index (χ1n) is 5.42. The van der Waals surface area contributed by atoms with Crippen LogP contribution in [-0.4, -0.2) is 37.5 Å². The number of carboxylic acids is 1. The first kappa shape index (κ1) is 16.9. The minimum Gasteiger partial charge on any atom is -0.478 e. The van der Waals surface area contributed by atoms with Crippen LogP contribution in [0.1, 0.15) is 10.4 Å². The third kappa shape index (κ3) is 4.72.